The highest BCUT2D eigenvalue weighted by atomic mass is 32.1. The van der Waals surface area contributed by atoms with Gasteiger partial charge in [0.25, 0.3) is 0 Å². The molecule has 2 N–H and O–H groups in total. The molecule has 4 rings (SSSR count). The van der Waals surface area contributed by atoms with Gasteiger partial charge in [0.05, 0.1) is 12.1 Å². The smallest absolute Gasteiger partial charge is 0.232 e. The molecule has 3 aromatic rings. The van der Waals surface area contributed by atoms with Crippen molar-refractivity contribution in [2.45, 2.75) is 44.9 Å². The summed E-state index contributed by atoms with van der Waals surface area (Å²) < 4.78 is 0. The number of nitrogens with one attached hydrogen (secondary N) is 2. The van der Waals surface area contributed by atoms with E-state index >= 15 is 0 Å². The molecule has 0 radical (unpaired) electrons. The van der Waals surface area contributed by atoms with E-state index in [1.54, 1.807) is 19.2 Å². The molecule has 0 saturated heterocycles. The van der Waals surface area contributed by atoms with Crippen molar-refractivity contribution in [3.63, 3.8) is 0 Å². The van der Waals surface area contributed by atoms with Crippen molar-refractivity contribution in [2.75, 3.05) is 10.6 Å². The molecule has 1 fully saturated rings. The standard InChI is InChI=1S/C21H23N7O2S/c1-2-18(29)23-17-7-6-16(25-26-17)11-13-9-14(10-13)20-27-28-21(31-20)24-19(30)12-15-5-3-4-8-22-15/h3-8,13-14H,2,9-12H2,1H3,(H,23,26,29)(H,24,28,30). The third-order valence-electron chi connectivity index (χ3n) is 5.15. The lowest BCUT2D eigenvalue weighted by atomic mass is 9.73. The fraction of sp³-hybridized carbons (Fsp3) is 0.381. The molecule has 0 atom stereocenters. The summed E-state index contributed by atoms with van der Waals surface area (Å²) in [6.45, 7) is 1.79. The molecule has 0 spiro atoms. The molecule has 31 heavy (non-hydrogen) atoms. The highest BCUT2D eigenvalue weighted by Gasteiger charge is 2.33. The van der Waals surface area contributed by atoms with Gasteiger partial charge >= 0.3 is 0 Å². The number of carbonyl (C=O) groups is 2. The summed E-state index contributed by atoms with van der Waals surface area (Å²) >= 11 is 1.43. The average molecular weight is 438 g/mol. The van der Waals surface area contributed by atoms with E-state index in [9.17, 15) is 9.59 Å². The number of nitrogens with zero attached hydrogens (tertiary/aromatic N) is 5. The molecule has 0 aromatic carbocycles. The van der Waals surface area contributed by atoms with E-state index in [2.05, 4.69) is 36.0 Å². The second kappa shape index (κ2) is 9.69. The van der Waals surface area contributed by atoms with Gasteiger partial charge in [-0.15, -0.1) is 15.3 Å². The summed E-state index contributed by atoms with van der Waals surface area (Å²) in [6.07, 6.45) is 5.15. The molecule has 160 valence electrons. The van der Waals surface area contributed by atoms with Crippen LogP contribution < -0.4 is 10.6 Å². The van der Waals surface area contributed by atoms with Gasteiger partial charge < -0.3 is 10.6 Å². The summed E-state index contributed by atoms with van der Waals surface area (Å²) in [5.74, 6) is 1.13. The SMILES string of the molecule is CCC(=O)Nc1ccc(CC2CC(c3nnc(NC(=O)Cc4ccccn4)s3)C2)nn1. The number of anilines is 2. The van der Waals surface area contributed by atoms with Gasteiger partial charge in [-0.1, -0.05) is 24.3 Å². The van der Waals surface area contributed by atoms with Crippen LogP contribution in [0.3, 0.4) is 0 Å². The van der Waals surface area contributed by atoms with Crippen LogP contribution in [0.5, 0.6) is 0 Å². The maximum Gasteiger partial charge on any atom is 0.232 e. The van der Waals surface area contributed by atoms with E-state index in [1.165, 1.54) is 11.3 Å². The summed E-state index contributed by atoms with van der Waals surface area (Å²) in [7, 11) is 0. The third-order valence-corrected chi connectivity index (χ3v) is 6.15. The first-order valence-electron chi connectivity index (χ1n) is 10.2. The molecule has 3 aromatic heterocycles. The van der Waals surface area contributed by atoms with Crippen LogP contribution in [-0.4, -0.2) is 37.2 Å². The lowest BCUT2D eigenvalue weighted by molar-refractivity contribution is -0.116. The van der Waals surface area contributed by atoms with Crippen LogP contribution in [0.25, 0.3) is 0 Å². The zero-order chi connectivity index (χ0) is 21.6. The predicted molar refractivity (Wildman–Crippen MR) is 117 cm³/mol. The third kappa shape index (κ3) is 5.66. The zero-order valence-corrected chi connectivity index (χ0v) is 17.9. The summed E-state index contributed by atoms with van der Waals surface area (Å²) in [4.78, 5) is 27.7. The van der Waals surface area contributed by atoms with E-state index in [0.717, 1.165) is 35.7 Å². The van der Waals surface area contributed by atoms with Crippen molar-refractivity contribution in [2.24, 2.45) is 5.92 Å². The maximum atomic E-state index is 12.2. The summed E-state index contributed by atoms with van der Waals surface area (Å²) in [6, 6.07) is 9.19. The lowest BCUT2D eigenvalue weighted by Gasteiger charge is -2.33. The first-order chi connectivity index (χ1) is 15.1. The van der Waals surface area contributed by atoms with Gasteiger partial charge in [-0.05, 0) is 49.4 Å². The van der Waals surface area contributed by atoms with Gasteiger partial charge in [0.2, 0.25) is 16.9 Å². The van der Waals surface area contributed by atoms with Gasteiger partial charge in [-0.25, -0.2) is 0 Å². The molecule has 3 heterocycles. The molecular formula is C21H23N7O2S. The molecule has 9 nitrogen and oxygen atoms in total. The predicted octanol–water partition coefficient (Wildman–Crippen LogP) is 2.99. The first-order valence-corrected chi connectivity index (χ1v) is 11.1. The highest BCUT2D eigenvalue weighted by Crippen LogP contribution is 2.44. The van der Waals surface area contributed by atoms with E-state index in [-0.39, 0.29) is 18.2 Å². The van der Waals surface area contributed by atoms with Crippen LogP contribution in [0.4, 0.5) is 10.9 Å². The largest absolute Gasteiger partial charge is 0.309 e. The maximum absolute atomic E-state index is 12.2. The minimum Gasteiger partial charge on any atom is -0.309 e. The molecule has 2 amide bonds. The van der Waals surface area contributed by atoms with Crippen molar-refractivity contribution in [3.05, 3.63) is 52.9 Å². The number of hydrogen-bond donors (Lipinski definition) is 2. The van der Waals surface area contributed by atoms with Crippen molar-refractivity contribution in [1.29, 1.82) is 0 Å². The fourth-order valence-corrected chi connectivity index (χ4v) is 4.33. The van der Waals surface area contributed by atoms with Gasteiger partial charge in [-0.3, -0.25) is 14.6 Å². The Morgan fingerprint density at radius 1 is 1.00 bits per heavy atom. The van der Waals surface area contributed by atoms with Crippen LogP contribution in [0.15, 0.2) is 36.5 Å². The molecule has 0 aliphatic heterocycles. The van der Waals surface area contributed by atoms with Crippen molar-refractivity contribution < 1.29 is 9.59 Å². The van der Waals surface area contributed by atoms with Crippen LogP contribution in [0.2, 0.25) is 0 Å². The number of amides is 2. The van der Waals surface area contributed by atoms with E-state index in [4.69, 9.17) is 0 Å². The Bertz CT molecular complexity index is 1030. The quantitative estimate of drug-likeness (QED) is 0.555. The van der Waals surface area contributed by atoms with Crippen LogP contribution in [-0.2, 0) is 22.4 Å². The number of pyridine rings is 1. The summed E-state index contributed by atoms with van der Waals surface area (Å²) in [5, 5.41) is 23.6. The number of carbonyl (C=O) groups excluding carboxylic acids is 2. The molecule has 0 bridgehead atoms. The molecule has 1 saturated carbocycles. The normalized spacial score (nSPS) is 17.6. The average Bonchev–Trinajstić information content (AvgIpc) is 3.19. The van der Waals surface area contributed by atoms with E-state index < -0.39 is 0 Å². The first kappa shape index (κ1) is 21.0. The van der Waals surface area contributed by atoms with Gasteiger partial charge in [0.1, 0.15) is 5.01 Å². The second-order valence-corrected chi connectivity index (χ2v) is 8.55. The number of rotatable bonds is 8. The topological polar surface area (TPSA) is 123 Å². The van der Waals surface area contributed by atoms with E-state index in [1.807, 2.05) is 24.3 Å². The van der Waals surface area contributed by atoms with Crippen LogP contribution in [0.1, 0.15) is 48.5 Å². The fourth-order valence-electron chi connectivity index (χ4n) is 3.45. The van der Waals surface area contributed by atoms with Crippen LogP contribution >= 0.6 is 11.3 Å². The summed E-state index contributed by atoms with van der Waals surface area (Å²) in [5.41, 5.74) is 1.63. The minimum atomic E-state index is -0.148. The number of hydrogen-bond acceptors (Lipinski definition) is 8. The zero-order valence-electron chi connectivity index (χ0n) is 17.1. The minimum absolute atomic E-state index is 0.0757. The van der Waals surface area contributed by atoms with Crippen LogP contribution in [0, 0.1) is 5.92 Å². The molecule has 1 aliphatic rings. The second-order valence-electron chi connectivity index (χ2n) is 7.54. The Labute approximate surface area is 183 Å². The molecule has 10 heteroatoms. The van der Waals surface area contributed by atoms with Crippen molar-refractivity contribution in [1.82, 2.24) is 25.4 Å². The Kier molecular flexibility index (Phi) is 6.56. The van der Waals surface area contributed by atoms with Gasteiger partial charge in [0, 0.05) is 24.2 Å². The Hall–Kier alpha value is -3.27. The van der Waals surface area contributed by atoms with Crippen molar-refractivity contribution >= 4 is 34.1 Å². The Morgan fingerprint density at radius 3 is 2.58 bits per heavy atom. The lowest BCUT2D eigenvalue weighted by Crippen LogP contribution is -2.24. The Balaban J connectivity index is 1.23. The molecule has 1 aliphatic carbocycles. The van der Waals surface area contributed by atoms with Gasteiger partial charge in [0.15, 0.2) is 5.82 Å². The number of aromatic nitrogens is 5. The Morgan fingerprint density at radius 2 is 1.87 bits per heavy atom. The monoisotopic (exact) mass is 437 g/mol. The van der Waals surface area contributed by atoms with E-state index in [0.29, 0.717) is 29.2 Å². The molecule has 0 unspecified atom stereocenters. The van der Waals surface area contributed by atoms with Crippen molar-refractivity contribution in [3.8, 4) is 0 Å². The van der Waals surface area contributed by atoms with Gasteiger partial charge in [-0.2, -0.15) is 5.10 Å². The molecular weight excluding hydrogens is 414 g/mol. The highest BCUT2D eigenvalue weighted by molar-refractivity contribution is 7.15.